The molecule has 0 saturated carbocycles. The first-order chi connectivity index (χ1) is 8.15. The predicted octanol–water partition coefficient (Wildman–Crippen LogP) is 4.52. The van der Waals surface area contributed by atoms with Crippen LogP contribution in [0.2, 0.25) is 0 Å². The Kier molecular flexibility index (Phi) is 4.05. The lowest BCUT2D eigenvalue weighted by Gasteiger charge is -2.10. The molecule has 0 aliphatic carbocycles. The van der Waals surface area contributed by atoms with Crippen LogP contribution in [0.15, 0.2) is 42.5 Å². The van der Waals surface area contributed by atoms with E-state index in [1.54, 1.807) is 0 Å². The fourth-order valence-corrected chi connectivity index (χ4v) is 2.49. The molecule has 0 heterocycles. The normalized spacial score (nSPS) is 10.3. The van der Waals surface area contributed by atoms with Gasteiger partial charge in [0.25, 0.3) is 0 Å². The molecule has 0 saturated heterocycles. The quantitative estimate of drug-likeness (QED) is 0.812. The van der Waals surface area contributed by atoms with Crippen LogP contribution in [0.3, 0.4) is 0 Å². The number of nitrogens with one attached hydrogen (secondary N) is 1. The highest BCUT2D eigenvalue weighted by molar-refractivity contribution is 14.1. The summed E-state index contributed by atoms with van der Waals surface area (Å²) in [4.78, 5) is 0. The van der Waals surface area contributed by atoms with Crippen molar-refractivity contribution in [2.24, 2.45) is 0 Å². The van der Waals surface area contributed by atoms with Crippen molar-refractivity contribution in [1.29, 1.82) is 0 Å². The van der Waals surface area contributed by atoms with Gasteiger partial charge in [0.15, 0.2) is 0 Å². The molecule has 0 radical (unpaired) electrons. The highest BCUT2D eigenvalue weighted by atomic mass is 127. The van der Waals surface area contributed by atoms with Crippen LogP contribution in [0.5, 0.6) is 0 Å². The summed E-state index contributed by atoms with van der Waals surface area (Å²) in [5.74, 6) is 0. The summed E-state index contributed by atoms with van der Waals surface area (Å²) >= 11 is 2.34. The largest absolute Gasteiger partial charge is 0.381 e. The van der Waals surface area contributed by atoms with Gasteiger partial charge in [-0.25, -0.2) is 0 Å². The smallest absolute Gasteiger partial charge is 0.0400 e. The molecule has 2 rings (SSSR count). The molecular formula is C15H16IN. The zero-order valence-corrected chi connectivity index (χ0v) is 12.3. The second-order valence-electron chi connectivity index (χ2n) is 4.30. The van der Waals surface area contributed by atoms with Crippen molar-refractivity contribution in [3.63, 3.8) is 0 Å². The van der Waals surface area contributed by atoms with Crippen LogP contribution in [0.25, 0.3) is 0 Å². The lowest BCUT2D eigenvalue weighted by atomic mass is 10.1. The van der Waals surface area contributed by atoms with Gasteiger partial charge in [-0.2, -0.15) is 0 Å². The molecule has 1 nitrogen and oxygen atoms in total. The zero-order chi connectivity index (χ0) is 12.3. The monoisotopic (exact) mass is 337 g/mol. The summed E-state index contributed by atoms with van der Waals surface area (Å²) in [5, 5.41) is 3.48. The van der Waals surface area contributed by atoms with Crippen molar-refractivity contribution in [3.05, 3.63) is 62.7 Å². The predicted molar refractivity (Wildman–Crippen MR) is 82.4 cm³/mol. The topological polar surface area (TPSA) is 12.0 Å². The molecule has 88 valence electrons. The fraction of sp³-hybridized carbons (Fsp3) is 0.200. The van der Waals surface area contributed by atoms with E-state index in [9.17, 15) is 0 Å². The molecule has 2 aromatic rings. The van der Waals surface area contributed by atoms with Gasteiger partial charge < -0.3 is 5.32 Å². The van der Waals surface area contributed by atoms with Crippen LogP contribution < -0.4 is 5.32 Å². The van der Waals surface area contributed by atoms with Gasteiger partial charge in [-0.3, -0.25) is 0 Å². The molecule has 0 atom stereocenters. The molecule has 0 spiro atoms. The van der Waals surface area contributed by atoms with Crippen LogP contribution in [0, 0.1) is 17.4 Å². The minimum absolute atomic E-state index is 0.878. The van der Waals surface area contributed by atoms with Crippen LogP contribution in [-0.2, 0) is 6.54 Å². The first-order valence-electron chi connectivity index (χ1n) is 5.71. The Morgan fingerprint density at radius 1 is 1.06 bits per heavy atom. The SMILES string of the molecule is Cc1cccc(CNc2ccc(I)cc2C)c1. The lowest BCUT2D eigenvalue weighted by Crippen LogP contribution is -2.01. The summed E-state index contributed by atoms with van der Waals surface area (Å²) in [6.07, 6.45) is 0. The van der Waals surface area contributed by atoms with E-state index >= 15 is 0 Å². The zero-order valence-electron chi connectivity index (χ0n) is 10.1. The van der Waals surface area contributed by atoms with E-state index < -0.39 is 0 Å². The maximum Gasteiger partial charge on any atom is 0.0400 e. The third kappa shape index (κ3) is 3.46. The third-order valence-corrected chi connectivity index (χ3v) is 3.42. The van der Waals surface area contributed by atoms with E-state index in [0.717, 1.165) is 6.54 Å². The van der Waals surface area contributed by atoms with Crippen molar-refractivity contribution in [2.45, 2.75) is 20.4 Å². The molecular weight excluding hydrogens is 321 g/mol. The maximum absolute atomic E-state index is 3.48. The highest BCUT2D eigenvalue weighted by Gasteiger charge is 1.99. The van der Waals surface area contributed by atoms with Crippen LogP contribution >= 0.6 is 22.6 Å². The van der Waals surface area contributed by atoms with E-state index in [0.29, 0.717) is 0 Å². The van der Waals surface area contributed by atoms with Gasteiger partial charge >= 0.3 is 0 Å². The Balaban J connectivity index is 2.07. The van der Waals surface area contributed by atoms with E-state index in [1.807, 2.05) is 0 Å². The standard InChI is InChI=1S/C15H16IN/c1-11-4-3-5-13(8-11)10-17-15-7-6-14(16)9-12(15)2/h3-9,17H,10H2,1-2H3. The van der Waals surface area contributed by atoms with Gasteiger partial charge in [-0.1, -0.05) is 29.8 Å². The molecule has 0 amide bonds. The lowest BCUT2D eigenvalue weighted by molar-refractivity contribution is 1.13. The Hall–Kier alpha value is -1.03. The Bertz CT molecular complexity index is 520. The van der Waals surface area contributed by atoms with Crippen molar-refractivity contribution in [2.75, 3.05) is 5.32 Å². The van der Waals surface area contributed by atoms with Gasteiger partial charge in [0, 0.05) is 15.8 Å². The minimum Gasteiger partial charge on any atom is -0.381 e. The first kappa shape index (κ1) is 12.4. The third-order valence-electron chi connectivity index (χ3n) is 2.75. The van der Waals surface area contributed by atoms with E-state index in [1.165, 1.54) is 25.9 Å². The summed E-state index contributed by atoms with van der Waals surface area (Å²) in [7, 11) is 0. The average molecular weight is 337 g/mol. The van der Waals surface area contributed by atoms with Gasteiger partial charge in [0.1, 0.15) is 0 Å². The molecule has 2 heteroatoms. The summed E-state index contributed by atoms with van der Waals surface area (Å²) in [5.41, 5.74) is 5.14. The molecule has 2 aromatic carbocycles. The van der Waals surface area contributed by atoms with Crippen LogP contribution in [0.4, 0.5) is 5.69 Å². The fourth-order valence-electron chi connectivity index (χ4n) is 1.84. The van der Waals surface area contributed by atoms with E-state index in [-0.39, 0.29) is 0 Å². The molecule has 0 aliphatic rings. The Morgan fingerprint density at radius 2 is 1.88 bits per heavy atom. The van der Waals surface area contributed by atoms with Crippen LogP contribution in [-0.4, -0.2) is 0 Å². The van der Waals surface area contributed by atoms with Gasteiger partial charge in [0.2, 0.25) is 0 Å². The molecule has 1 N–H and O–H groups in total. The number of anilines is 1. The molecule has 17 heavy (non-hydrogen) atoms. The number of hydrogen-bond acceptors (Lipinski definition) is 1. The van der Waals surface area contributed by atoms with Crippen LogP contribution in [0.1, 0.15) is 16.7 Å². The van der Waals surface area contributed by atoms with Gasteiger partial charge in [-0.15, -0.1) is 0 Å². The summed E-state index contributed by atoms with van der Waals surface area (Å²) < 4.78 is 1.28. The maximum atomic E-state index is 3.48. The van der Waals surface area contributed by atoms with Crippen molar-refractivity contribution >= 4 is 28.3 Å². The number of halogens is 1. The van der Waals surface area contributed by atoms with Crippen molar-refractivity contribution in [3.8, 4) is 0 Å². The number of aryl methyl sites for hydroxylation is 2. The summed E-state index contributed by atoms with van der Waals surface area (Å²) in [6.45, 7) is 5.14. The molecule has 0 unspecified atom stereocenters. The molecule has 0 fully saturated rings. The number of rotatable bonds is 3. The van der Waals surface area contributed by atoms with E-state index in [4.69, 9.17) is 0 Å². The number of hydrogen-bond donors (Lipinski definition) is 1. The molecule has 0 aromatic heterocycles. The molecule has 0 bridgehead atoms. The second-order valence-corrected chi connectivity index (χ2v) is 5.55. The second kappa shape index (κ2) is 5.54. The molecule has 0 aliphatic heterocycles. The van der Waals surface area contributed by atoms with Gasteiger partial charge in [-0.05, 0) is 65.8 Å². The van der Waals surface area contributed by atoms with Crippen molar-refractivity contribution in [1.82, 2.24) is 0 Å². The Labute approximate surface area is 116 Å². The average Bonchev–Trinajstić information content (AvgIpc) is 2.28. The highest BCUT2D eigenvalue weighted by Crippen LogP contribution is 2.18. The van der Waals surface area contributed by atoms with Gasteiger partial charge in [0.05, 0.1) is 0 Å². The number of benzene rings is 2. The van der Waals surface area contributed by atoms with E-state index in [2.05, 4.69) is 84.2 Å². The Morgan fingerprint density at radius 3 is 2.59 bits per heavy atom. The first-order valence-corrected chi connectivity index (χ1v) is 6.78. The van der Waals surface area contributed by atoms with Crippen molar-refractivity contribution < 1.29 is 0 Å². The summed E-state index contributed by atoms with van der Waals surface area (Å²) in [6, 6.07) is 15.1. The minimum atomic E-state index is 0.878.